The lowest BCUT2D eigenvalue weighted by molar-refractivity contribution is 0.410. The standard InChI is InChI=1S/C17H21NO3S3/c1-13-12-14(5-6-15(13)21-2)24(19,20)18-8-7-17(23-11-9-18)16-4-3-10-22-16/h3-6,10,12,17H,7-9,11H2,1-2H3. The molecule has 1 aromatic carbocycles. The van der Waals surface area contributed by atoms with Gasteiger partial charge in [-0.3, -0.25) is 0 Å². The van der Waals surface area contributed by atoms with Crippen molar-refractivity contribution < 1.29 is 13.2 Å². The zero-order valence-corrected chi connectivity index (χ0v) is 16.2. The van der Waals surface area contributed by atoms with Gasteiger partial charge in [0.15, 0.2) is 0 Å². The van der Waals surface area contributed by atoms with E-state index < -0.39 is 10.0 Å². The van der Waals surface area contributed by atoms with E-state index in [9.17, 15) is 8.42 Å². The highest BCUT2D eigenvalue weighted by atomic mass is 32.2. The topological polar surface area (TPSA) is 46.6 Å². The number of thiophene rings is 1. The summed E-state index contributed by atoms with van der Waals surface area (Å²) in [6.07, 6.45) is 0.847. The number of aryl methyl sites for hydroxylation is 1. The van der Waals surface area contributed by atoms with E-state index in [-0.39, 0.29) is 0 Å². The van der Waals surface area contributed by atoms with E-state index in [0.29, 0.717) is 29.0 Å². The second-order valence-corrected chi connectivity index (χ2v) is 9.93. The Balaban J connectivity index is 1.79. The maximum atomic E-state index is 13.0. The van der Waals surface area contributed by atoms with E-state index in [1.165, 1.54) is 4.88 Å². The van der Waals surface area contributed by atoms with Crippen LogP contribution in [0, 0.1) is 6.92 Å². The van der Waals surface area contributed by atoms with Crippen molar-refractivity contribution in [3.8, 4) is 5.75 Å². The molecule has 0 saturated carbocycles. The number of thioether (sulfide) groups is 1. The molecule has 0 N–H and O–H groups in total. The van der Waals surface area contributed by atoms with Crippen molar-refractivity contribution >= 4 is 33.1 Å². The van der Waals surface area contributed by atoms with Crippen LogP contribution in [0.4, 0.5) is 0 Å². The van der Waals surface area contributed by atoms with Crippen LogP contribution < -0.4 is 4.74 Å². The Kier molecular flexibility index (Phi) is 5.54. The largest absolute Gasteiger partial charge is 0.496 e. The minimum Gasteiger partial charge on any atom is -0.496 e. The van der Waals surface area contributed by atoms with Crippen LogP contribution in [0.25, 0.3) is 0 Å². The molecule has 2 aromatic rings. The van der Waals surface area contributed by atoms with Gasteiger partial charge in [-0.2, -0.15) is 16.1 Å². The number of nitrogens with zero attached hydrogens (tertiary/aromatic N) is 1. The molecule has 1 aliphatic heterocycles. The highest BCUT2D eigenvalue weighted by Gasteiger charge is 2.29. The van der Waals surface area contributed by atoms with Gasteiger partial charge in [0.05, 0.1) is 12.0 Å². The van der Waals surface area contributed by atoms with Crippen LogP contribution >= 0.6 is 23.1 Å². The molecule has 0 amide bonds. The zero-order valence-electron chi connectivity index (χ0n) is 13.8. The molecule has 3 rings (SSSR count). The van der Waals surface area contributed by atoms with Gasteiger partial charge in [0.1, 0.15) is 5.75 Å². The predicted octanol–water partition coefficient (Wildman–Crippen LogP) is 3.93. The normalized spacial score (nSPS) is 19.8. The fraction of sp³-hybridized carbons (Fsp3) is 0.412. The van der Waals surface area contributed by atoms with Crippen LogP contribution in [0.3, 0.4) is 0 Å². The minimum absolute atomic E-state index is 0.348. The number of benzene rings is 1. The lowest BCUT2D eigenvalue weighted by atomic mass is 10.2. The molecular weight excluding hydrogens is 362 g/mol. The maximum Gasteiger partial charge on any atom is 0.243 e. The summed E-state index contributed by atoms with van der Waals surface area (Å²) in [5, 5.41) is 2.47. The smallest absolute Gasteiger partial charge is 0.243 e. The van der Waals surface area contributed by atoms with Crippen LogP contribution in [-0.2, 0) is 10.0 Å². The molecule has 1 aromatic heterocycles. The Labute approximate surface area is 151 Å². The summed E-state index contributed by atoms with van der Waals surface area (Å²) in [6, 6.07) is 9.25. The van der Waals surface area contributed by atoms with E-state index in [1.807, 2.05) is 18.7 Å². The van der Waals surface area contributed by atoms with Gasteiger partial charge in [-0.1, -0.05) is 6.07 Å². The summed E-state index contributed by atoms with van der Waals surface area (Å²) in [4.78, 5) is 1.68. The second kappa shape index (κ2) is 7.47. The van der Waals surface area contributed by atoms with Crippen molar-refractivity contribution in [2.75, 3.05) is 26.0 Å². The van der Waals surface area contributed by atoms with Crippen molar-refractivity contribution in [1.29, 1.82) is 0 Å². The lowest BCUT2D eigenvalue weighted by Crippen LogP contribution is -2.33. The number of rotatable bonds is 4. The third-order valence-corrected chi connectivity index (χ3v) is 8.51. The molecule has 130 valence electrons. The summed E-state index contributed by atoms with van der Waals surface area (Å²) in [7, 11) is -1.87. The Hall–Kier alpha value is -1.02. The molecule has 1 unspecified atom stereocenters. The summed E-state index contributed by atoms with van der Waals surface area (Å²) in [5.74, 6) is 1.52. The van der Waals surface area contributed by atoms with Crippen molar-refractivity contribution in [2.45, 2.75) is 23.5 Å². The third-order valence-electron chi connectivity index (χ3n) is 4.17. The van der Waals surface area contributed by atoms with Gasteiger partial charge in [-0.15, -0.1) is 11.3 Å². The maximum absolute atomic E-state index is 13.0. The van der Waals surface area contributed by atoms with Crippen LogP contribution in [0.2, 0.25) is 0 Å². The molecule has 0 radical (unpaired) electrons. The Morgan fingerprint density at radius 2 is 2.08 bits per heavy atom. The number of hydrogen-bond acceptors (Lipinski definition) is 5. The first kappa shape index (κ1) is 17.8. The molecular formula is C17H21NO3S3. The van der Waals surface area contributed by atoms with Gasteiger partial charge in [0.25, 0.3) is 0 Å². The number of sulfonamides is 1. The minimum atomic E-state index is -3.46. The Morgan fingerprint density at radius 3 is 2.75 bits per heavy atom. The van der Waals surface area contributed by atoms with Crippen LogP contribution in [-0.4, -0.2) is 38.7 Å². The van der Waals surface area contributed by atoms with Gasteiger partial charge in [0.2, 0.25) is 10.0 Å². The molecule has 0 bridgehead atoms. The highest BCUT2D eigenvalue weighted by molar-refractivity contribution is 7.99. The van der Waals surface area contributed by atoms with Crippen LogP contribution in [0.15, 0.2) is 40.6 Å². The van der Waals surface area contributed by atoms with E-state index in [1.54, 1.807) is 41.0 Å². The quantitative estimate of drug-likeness (QED) is 0.802. The zero-order chi connectivity index (χ0) is 17.2. The number of methoxy groups -OCH3 is 1. The fourth-order valence-electron chi connectivity index (χ4n) is 2.85. The fourth-order valence-corrected chi connectivity index (χ4v) is 6.75. The van der Waals surface area contributed by atoms with Crippen molar-refractivity contribution in [3.05, 3.63) is 46.2 Å². The third kappa shape index (κ3) is 3.64. The van der Waals surface area contributed by atoms with Crippen molar-refractivity contribution in [3.63, 3.8) is 0 Å². The predicted molar refractivity (Wildman–Crippen MR) is 101 cm³/mol. The molecule has 0 aliphatic carbocycles. The first-order chi connectivity index (χ1) is 11.5. The molecule has 4 nitrogen and oxygen atoms in total. The van der Waals surface area contributed by atoms with Crippen molar-refractivity contribution in [2.24, 2.45) is 0 Å². The molecule has 1 saturated heterocycles. The average molecular weight is 384 g/mol. The monoisotopic (exact) mass is 383 g/mol. The second-order valence-electron chi connectivity index (χ2n) is 5.70. The molecule has 7 heteroatoms. The summed E-state index contributed by atoms with van der Waals surface area (Å²) in [6.45, 7) is 2.98. The van der Waals surface area contributed by atoms with Gasteiger partial charge in [-0.25, -0.2) is 8.42 Å². The molecule has 1 atom stereocenters. The Bertz CT molecular complexity index is 787. The molecule has 2 heterocycles. The van der Waals surface area contributed by atoms with Gasteiger partial charge >= 0.3 is 0 Å². The van der Waals surface area contributed by atoms with E-state index in [0.717, 1.165) is 17.7 Å². The number of hydrogen-bond donors (Lipinski definition) is 0. The SMILES string of the molecule is COc1ccc(S(=O)(=O)N2CCSC(c3cccs3)CC2)cc1C. The number of ether oxygens (including phenoxy) is 1. The lowest BCUT2D eigenvalue weighted by Gasteiger charge is -2.20. The molecule has 24 heavy (non-hydrogen) atoms. The van der Waals surface area contributed by atoms with E-state index >= 15 is 0 Å². The molecule has 1 fully saturated rings. The Morgan fingerprint density at radius 1 is 1.25 bits per heavy atom. The summed E-state index contributed by atoms with van der Waals surface area (Å²) >= 11 is 3.60. The first-order valence-corrected chi connectivity index (χ1v) is 11.2. The van der Waals surface area contributed by atoms with Crippen molar-refractivity contribution in [1.82, 2.24) is 4.31 Å². The van der Waals surface area contributed by atoms with E-state index in [2.05, 4.69) is 17.5 Å². The summed E-state index contributed by atoms with van der Waals surface area (Å²) in [5.41, 5.74) is 0.833. The van der Waals surface area contributed by atoms with E-state index in [4.69, 9.17) is 4.74 Å². The molecule has 0 spiro atoms. The van der Waals surface area contributed by atoms with Crippen LogP contribution in [0.1, 0.15) is 22.1 Å². The molecule has 1 aliphatic rings. The first-order valence-electron chi connectivity index (χ1n) is 7.82. The van der Waals surface area contributed by atoms with Crippen LogP contribution in [0.5, 0.6) is 5.75 Å². The average Bonchev–Trinajstić information content (AvgIpc) is 2.98. The highest BCUT2D eigenvalue weighted by Crippen LogP contribution is 2.37. The summed E-state index contributed by atoms with van der Waals surface area (Å²) < 4.78 is 32.8. The van der Waals surface area contributed by atoms with Gasteiger partial charge in [-0.05, 0) is 48.6 Å². The van der Waals surface area contributed by atoms with Gasteiger partial charge < -0.3 is 4.74 Å². The van der Waals surface area contributed by atoms with Gasteiger partial charge in [0, 0.05) is 29.0 Å².